The molecular weight excluding hydrogens is 304 g/mol. The molecule has 1 heterocycles. The zero-order valence-electron chi connectivity index (χ0n) is 13.3. The predicted octanol–water partition coefficient (Wildman–Crippen LogP) is 2.65. The second-order valence-electron chi connectivity index (χ2n) is 5.46. The third kappa shape index (κ3) is 4.14. The van der Waals surface area contributed by atoms with Crippen molar-refractivity contribution in [2.75, 3.05) is 18.4 Å². The number of hydrogen-bond donors (Lipinski definition) is 1. The lowest BCUT2D eigenvalue weighted by Gasteiger charge is -2.23. The summed E-state index contributed by atoms with van der Waals surface area (Å²) >= 11 is 0. The molecule has 0 radical (unpaired) electrons. The fraction of sp³-hybridized carbons (Fsp3) is 0.211. The van der Waals surface area contributed by atoms with Crippen molar-refractivity contribution in [3.63, 3.8) is 0 Å². The van der Waals surface area contributed by atoms with Gasteiger partial charge in [-0.3, -0.25) is 10.1 Å². The Morgan fingerprint density at radius 3 is 2.42 bits per heavy atom. The van der Waals surface area contributed by atoms with E-state index in [9.17, 15) is 4.79 Å². The zero-order chi connectivity index (χ0) is 16.6. The van der Waals surface area contributed by atoms with Gasteiger partial charge in [0, 0.05) is 5.69 Å². The summed E-state index contributed by atoms with van der Waals surface area (Å²) in [6.45, 7) is 0.615. The first-order valence-corrected chi connectivity index (χ1v) is 7.85. The van der Waals surface area contributed by atoms with Gasteiger partial charge in [0.25, 0.3) is 0 Å². The number of ether oxygens (including phenoxy) is 2. The maximum atomic E-state index is 11.4. The normalized spacial score (nSPS) is 14.2. The summed E-state index contributed by atoms with van der Waals surface area (Å²) in [5.74, 6) is 0.748. The molecule has 2 aromatic carbocycles. The maximum absolute atomic E-state index is 11.4. The molecule has 24 heavy (non-hydrogen) atoms. The summed E-state index contributed by atoms with van der Waals surface area (Å²) in [6.07, 6.45) is 3.20. The van der Waals surface area contributed by atoms with E-state index in [1.165, 1.54) is 5.56 Å². The first-order chi connectivity index (χ1) is 11.9. The third-order valence-corrected chi connectivity index (χ3v) is 3.84. The van der Waals surface area contributed by atoms with Crippen LogP contribution >= 0.6 is 0 Å². The first kappa shape index (κ1) is 16.1. The van der Waals surface area contributed by atoms with Gasteiger partial charge in [0.05, 0.1) is 12.7 Å². The standard InChI is InChI=1S/C19H20N2O3/c22-14-21(17-9-5-2-6-10-17)13-20-18(19-12-23-15-24-19)11-16-7-3-1-4-8-16/h1-10,12,14,18,20H,11,13,15H2. The summed E-state index contributed by atoms with van der Waals surface area (Å²) in [4.78, 5) is 13.0. The Bertz CT molecular complexity index is 674. The Labute approximate surface area is 141 Å². The highest BCUT2D eigenvalue weighted by molar-refractivity contribution is 5.74. The lowest BCUT2D eigenvalue weighted by atomic mass is 10.0. The molecule has 2 aromatic rings. The van der Waals surface area contributed by atoms with Gasteiger partial charge in [0.2, 0.25) is 13.2 Å². The number of nitrogens with zero attached hydrogens (tertiary/aromatic N) is 1. The molecule has 0 aliphatic carbocycles. The van der Waals surface area contributed by atoms with Gasteiger partial charge in [-0.25, -0.2) is 0 Å². The fourth-order valence-corrected chi connectivity index (χ4v) is 2.58. The Balaban J connectivity index is 1.68. The Morgan fingerprint density at radius 2 is 1.79 bits per heavy atom. The molecule has 0 saturated carbocycles. The molecular formula is C19H20N2O3. The summed E-state index contributed by atoms with van der Waals surface area (Å²) in [5, 5.41) is 3.38. The highest BCUT2D eigenvalue weighted by atomic mass is 16.7. The van der Waals surface area contributed by atoms with Crippen molar-refractivity contribution in [2.45, 2.75) is 12.5 Å². The second kappa shape index (κ2) is 8.17. The van der Waals surface area contributed by atoms with Gasteiger partial charge < -0.3 is 14.4 Å². The Morgan fingerprint density at radius 1 is 1.08 bits per heavy atom. The number of anilines is 1. The number of benzene rings is 2. The van der Waals surface area contributed by atoms with Crippen LogP contribution in [0.4, 0.5) is 5.69 Å². The Kier molecular flexibility index (Phi) is 5.48. The number of amides is 1. The van der Waals surface area contributed by atoms with Crippen LogP contribution in [-0.2, 0) is 20.7 Å². The van der Waals surface area contributed by atoms with Crippen LogP contribution in [-0.4, -0.2) is 25.9 Å². The summed E-state index contributed by atoms with van der Waals surface area (Å²) in [5.41, 5.74) is 2.03. The topological polar surface area (TPSA) is 50.8 Å². The van der Waals surface area contributed by atoms with Crippen LogP contribution in [0.15, 0.2) is 72.7 Å². The number of hydrogen-bond acceptors (Lipinski definition) is 4. The van der Waals surface area contributed by atoms with Gasteiger partial charge in [-0.1, -0.05) is 48.5 Å². The van der Waals surface area contributed by atoms with Crippen LogP contribution < -0.4 is 10.2 Å². The van der Waals surface area contributed by atoms with Gasteiger partial charge in [-0.2, -0.15) is 0 Å². The molecule has 1 N–H and O–H groups in total. The van der Waals surface area contributed by atoms with Crippen molar-refractivity contribution >= 4 is 12.1 Å². The van der Waals surface area contributed by atoms with E-state index in [0.717, 1.165) is 24.3 Å². The SMILES string of the molecule is O=CN(CNC(Cc1ccccc1)C1=COCO1)c1ccccc1. The molecule has 0 spiro atoms. The van der Waals surface area contributed by atoms with E-state index < -0.39 is 0 Å². The third-order valence-electron chi connectivity index (χ3n) is 3.84. The number of rotatable bonds is 8. The van der Waals surface area contributed by atoms with Crippen LogP contribution in [0.5, 0.6) is 0 Å². The van der Waals surface area contributed by atoms with Crippen molar-refractivity contribution in [3.05, 3.63) is 78.2 Å². The molecule has 1 aliphatic heterocycles. The molecule has 5 nitrogen and oxygen atoms in total. The minimum absolute atomic E-state index is 0.0685. The van der Waals surface area contributed by atoms with E-state index in [-0.39, 0.29) is 12.8 Å². The van der Waals surface area contributed by atoms with Crippen molar-refractivity contribution in [3.8, 4) is 0 Å². The highest BCUT2D eigenvalue weighted by Crippen LogP contribution is 2.17. The van der Waals surface area contributed by atoms with Crippen molar-refractivity contribution < 1.29 is 14.3 Å². The fourth-order valence-electron chi connectivity index (χ4n) is 2.58. The monoisotopic (exact) mass is 324 g/mol. The molecule has 0 bridgehead atoms. The van der Waals surface area contributed by atoms with Crippen molar-refractivity contribution in [1.29, 1.82) is 0 Å². The largest absolute Gasteiger partial charge is 0.462 e. The number of carbonyl (C=O) groups excluding carboxylic acids is 1. The molecule has 0 fully saturated rings. The summed E-state index contributed by atoms with van der Waals surface area (Å²) < 4.78 is 10.7. The molecule has 1 aliphatic rings. The van der Waals surface area contributed by atoms with E-state index in [4.69, 9.17) is 9.47 Å². The quantitative estimate of drug-likeness (QED) is 0.599. The van der Waals surface area contributed by atoms with Gasteiger partial charge in [-0.15, -0.1) is 0 Å². The molecule has 1 unspecified atom stereocenters. The smallest absolute Gasteiger partial charge is 0.229 e. The van der Waals surface area contributed by atoms with Crippen molar-refractivity contribution in [1.82, 2.24) is 5.32 Å². The minimum atomic E-state index is -0.0685. The lowest BCUT2D eigenvalue weighted by molar-refractivity contribution is -0.107. The average Bonchev–Trinajstić information content (AvgIpc) is 3.17. The summed E-state index contributed by atoms with van der Waals surface area (Å²) in [6, 6.07) is 19.6. The van der Waals surface area contributed by atoms with Crippen LogP contribution in [0, 0.1) is 0 Å². The highest BCUT2D eigenvalue weighted by Gasteiger charge is 2.21. The zero-order valence-corrected chi connectivity index (χ0v) is 13.3. The van der Waals surface area contributed by atoms with Crippen LogP contribution in [0.3, 0.4) is 0 Å². The maximum Gasteiger partial charge on any atom is 0.229 e. The molecule has 0 saturated heterocycles. The van der Waals surface area contributed by atoms with E-state index in [1.54, 1.807) is 11.2 Å². The molecule has 1 amide bonds. The minimum Gasteiger partial charge on any atom is -0.462 e. The van der Waals surface area contributed by atoms with Gasteiger partial charge in [-0.05, 0) is 24.1 Å². The van der Waals surface area contributed by atoms with E-state index in [0.29, 0.717) is 6.67 Å². The number of carbonyl (C=O) groups is 1. The van der Waals surface area contributed by atoms with E-state index >= 15 is 0 Å². The van der Waals surface area contributed by atoms with Crippen LogP contribution in [0.25, 0.3) is 0 Å². The molecule has 5 heteroatoms. The number of nitrogens with one attached hydrogen (secondary N) is 1. The van der Waals surface area contributed by atoms with Crippen LogP contribution in [0.2, 0.25) is 0 Å². The summed E-state index contributed by atoms with van der Waals surface area (Å²) in [7, 11) is 0. The van der Waals surface area contributed by atoms with Gasteiger partial charge in [0.1, 0.15) is 6.26 Å². The number of para-hydroxylation sites is 1. The molecule has 1 atom stereocenters. The lowest BCUT2D eigenvalue weighted by Crippen LogP contribution is -2.41. The molecule has 0 aromatic heterocycles. The Hall–Kier alpha value is -2.79. The van der Waals surface area contributed by atoms with Gasteiger partial charge >= 0.3 is 0 Å². The predicted molar refractivity (Wildman–Crippen MR) is 92.0 cm³/mol. The molecule has 124 valence electrons. The van der Waals surface area contributed by atoms with Gasteiger partial charge in [0.15, 0.2) is 5.76 Å². The molecule has 3 rings (SSSR count). The average molecular weight is 324 g/mol. The van der Waals surface area contributed by atoms with Crippen LogP contribution in [0.1, 0.15) is 5.56 Å². The van der Waals surface area contributed by atoms with E-state index in [1.807, 2.05) is 48.5 Å². The first-order valence-electron chi connectivity index (χ1n) is 7.85. The van der Waals surface area contributed by atoms with E-state index in [2.05, 4.69) is 17.4 Å². The van der Waals surface area contributed by atoms with Crippen molar-refractivity contribution in [2.24, 2.45) is 0 Å². The second-order valence-corrected chi connectivity index (χ2v) is 5.46.